The summed E-state index contributed by atoms with van der Waals surface area (Å²) >= 11 is 1.86. The molecule has 0 amide bonds. The lowest BCUT2D eigenvalue weighted by Crippen LogP contribution is -2.41. The van der Waals surface area contributed by atoms with Gasteiger partial charge in [0.1, 0.15) is 29.3 Å². The molecule has 0 bridgehead atoms. The molecule has 3 aromatic heterocycles. The third kappa shape index (κ3) is 5.35. The maximum atomic E-state index is 13.8. The highest BCUT2D eigenvalue weighted by Gasteiger charge is 2.50. The molecule has 16 nitrogen and oxygen atoms in total. The summed E-state index contributed by atoms with van der Waals surface area (Å²) in [5.41, 5.74) is 10.7. The number of rotatable bonds is 4. The van der Waals surface area contributed by atoms with E-state index in [-0.39, 0.29) is 35.7 Å². The van der Waals surface area contributed by atoms with Gasteiger partial charge in [-0.2, -0.15) is 9.97 Å². The SMILES string of the molecule is C.C=C1Sc2c(nc(N)[nH]c2=O)N1[C@@H]1O[C@H](CO)[C@H](F)[C@H]1O.Nc1ncc2sc(=O)n([C@@H]3O[C@H](CO)[C@H](F)[C@H]3O)c2n1. The highest BCUT2D eigenvalue weighted by Crippen LogP contribution is 2.45. The van der Waals surface area contributed by atoms with Crippen molar-refractivity contribution < 1.29 is 38.7 Å². The van der Waals surface area contributed by atoms with Gasteiger partial charge in [0.15, 0.2) is 36.3 Å². The molecule has 6 rings (SSSR count). The van der Waals surface area contributed by atoms with Gasteiger partial charge in [-0.25, -0.2) is 13.8 Å². The van der Waals surface area contributed by atoms with E-state index in [1.807, 2.05) is 0 Å². The Morgan fingerprint density at radius 2 is 1.64 bits per heavy atom. The predicted molar refractivity (Wildman–Crippen MR) is 148 cm³/mol. The molecule has 3 aromatic rings. The zero-order valence-corrected chi connectivity index (χ0v) is 22.3. The van der Waals surface area contributed by atoms with Gasteiger partial charge in [0.2, 0.25) is 11.9 Å². The molecule has 0 unspecified atom stereocenters. The number of nitrogens with one attached hydrogen (secondary N) is 1. The lowest BCUT2D eigenvalue weighted by Gasteiger charge is -2.27. The van der Waals surface area contributed by atoms with Crippen molar-refractivity contribution in [2.75, 3.05) is 29.6 Å². The second kappa shape index (κ2) is 12.2. The van der Waals surface area contributed by atoms with Gasteiger partial charge in [-0.15, -0.1) is 0 Å². The van der Waals surface area contributed by atoms with E-state index in [2.05, 4.69) is 26.5 Å². The van der Waals surface area contributed by atoms with Crippen molar-refractivity contribution in [3.8, 4) is 0 Å². The summed E-state index contributed by atoms with van der Waals surface area (Å²) in [6, 6.07) is 0. The average molecular weight is 635 g/mol. The van der Waals surface area contributed by atoms with Gasteiger partial charge in [0.25, 0.3) is 5.56 Å². The largest absolute Gasteiger partial charge is 0.394 e. The van der Waals surface area contributed by atoms with Crippen molar-refractivity contribution >= 4 is 51.2 Å². The molecule has 2 fully saturated rings. The Bertz CT molecular complexity index is 1590. The molecular weight excluding hydrogens is 606 g/mol. The fourth-order valence-corrected chi connectivity index (χ4v) is 6.20. The number of alkyl halides is 2. The zero-order valence-electron chi connectivity index (χ0n) is 20.7. The number of anilines is 3. The molecule has 20 heteroatoms. The number of thioether (sulfide) groups is 1. The number of fused-ring (bicyclic) bond motifs is 2. The highest BCUT2D eigenvalue weighted by atomic mass is 32.2. The van der Waals surface area contributed by atoms with Crippen LogP contribution in [0.3, 0.4) is 0 Å². The number of nitrogens with two attached hydrogens (primary N) is 2. The topological polar surface area (TPSA) is 248 Å². The lowest BCUT2D eigenvalue weighted by molar-refractivity contribution is -0.0503. The molecule has 42 heavy (non-hydrogen) atoms. The van der Waals surface area contributed by atoms with Gasteiger partial charge in [-0.1, -0.05) is 37.1 Å². The van der Waals surface area contributed by atoms with Crippen LogP contribution in [0.1, 0.15) is 13.7 Å². The van der Waals surface area contributed by atoms with E-state index in [0.29, 0.717) is 9.73 Å². The van der Waals surface area contributed by atoms with E-state index in [4.69, 9.17) is 31.2 Å². The van der Waals surface area contributed by atoms with E-state index in [9.17, 15) is 28.6 Å². The summed E-state index contributed by atoms with van der Waals surface area (Å²) in [4.78, 5) is 38.9. The summed E-state index contributed by atoms with van der Waals surface area (Å²) in [5, 5.41) is 38.2. The number of nitrogens with zero attached hydrogens (tertiary/aromatic N) is 5. The maximum Gasteiger partial charge on any atom is 0.311 e. The number of aromatic nitrogens is 5. The Morgan fingerprint density at radius 3 is 2.24 bits per heavy atom. The van der Waals surface area contributed by atoms with Crippen molar-refractivity contribution in [2.45, 2.75) is 61.5 Å². The van der Waals surface area contributed by atoms with E-state index in [1.165, 1.54) is 11.1 Å². The molecule has 0 aromatic carbocycles. The van der Waals surface area contributed by atoms with Gasteiger partial charge in [0.05, 0.1) is 29.1 Å². The number of nitrogen functional groups attached to an aromatic ring is 2. The average Bonchev–Trinajstić information content (AvgIpc) is 3.61. The standard InChI is InChI=1S/C11H13FN4O4S.C10H11FN4O4S.CH4/c1-3-16(10-6(18)5(12)4(2-17)20-10)8-7(21-3)9(19)15-11(13)14-8;11-5-3(2-16)19-8(6(5)17)15-7-4(20-10(15)18)1-13-9(12)14-7;/h4-6,10,17-18H,1-2H2,(H3,13,14,15,19);1,3,5-6,8,16-17H,2H2,(H2,12,13,14);1H4/t4-,5+,6-,10-;3-,5+,6-,8-;/m11./s1. The van der Waals surface area contributed by atoms with Gasteiger partial charge in [-0.3, -0.25) is 24.0 Å². The van der Waals surface area contributed by atoms with Crippen LogP contribution in [-0.2, 0) is 9.47 Å². The quantitative estimate of drug-likeness (QED) is 0.178. The zero-order chi connectivity index (χ0) is 29.7. The summed E-state index contributed by atoms with van der Waals surface area (Å²) in [7, 11) is 0. The first kappa shape index (κ1) is 31.7. The van der Waals surface area contributed by atoms with Crippen LogP contribution < -0.4 is 26.8 Å². The molecule has 9 N–H and O–H groups in total. The van der Waals surface area contributed by atoms with Crippen LogP contribution in [0.4, 0.5) is 26.5 Å². The molecule has 3 aliphatic heterocycles. The number of hydrogen-bond acceptors (Lipinski definition) is 16. The minimum absolute atomic E-state index is 0. The van der Waals surface area contributed by atoms with Crippen molar-refractivity contribution in [1.82, 2.24) is 24.5 Å². The molecule has 0 radical (unpaired) electrons. The van der Waals surface area contributed by atoms with E-state index in [1.54, 1.807) is 0 Å². The second-order valence-corrected chi connectivity index (χ2v) is 11.1. The van der Waals surface area contributed by atoms with Gasteiger partial charge in [-0.05, 0) is 0 Å². The van der Waals surface area contributed by atoms with Crippen molar-refractivity contribution in [3.05, 3.63) is 37.8 Å². The number of aliphatic hydroxyl groups is 4. The molecule has 3 aliphatic rings. The number of aromatic amines is 1. The van der Waals surface area contributed by atoms with Crippen molar-refractivity contribution in [2.24, 2.45) is 0 Å². The Hall–Kier alpha value is -3.24. The molecule has 8 atom stereocenters. The summed E-state index contributed by atoms with van der Waals surface area (Å²) < 4.78 is 39.6. The van der Waals surface area contributed by atoms with Crippen molar-refractivity contribution in [1.29, 1.82) is 0 Å². The molecule has 0 aliphatic carbocycles. The van der Waals surface area contributed by atoms with E-state index in [0.717, 1.165) is 27.7 Å². The molecule has 6 heterocycles. The number of aliphatic hydroxyl groups excluding tert-OH is 4. The first-order valence-electron chi connectivity index (χ1n) is 11.8. The van der Waals surface area contributed by atoms with E-state index < -0.39 is 72.9 Å². The molecule has 0 spiro atoms. The third-order valence-electron chi connectivity index (χ3n) is 6.42. The van der Waals surface area contributed by atoms with Crippen LogP contribution in [0.25, 0.3) is 10.3 Å². The number of halogens is 2. The van der Waals surface area contributed by atoms with Crippen LogP contribution >= 0.6 is 23.1 Å². The highest BCUT2D eigenvalue weighted by molar-refractivity contribution is 8.03. The van der Waals surface area contributed by atoms with Crippen LogP contribution in [0.15, 0.2) is 32.3 Å². The smallest absolute Gasteiger partial charge is 0.311 e. The van der Waals surface area contributed by atoms with Gasteiger partial charge < -0.3 is 41.4 Å². The predicted octanol–water partition coefficient (Wildman–Crippen LogP) is -1.19. The Kier molecular flexibility index (Phi) is 9.18. The first-order chi connectivity index (χ1) is 19.5. The van der Waals surface area contributed by atoms with Crippen LogP contribution in [0.2, 0.25) is 0 Å². The van der Waals surface area contributed by atoms with Crippen molar-refractivity contribution in [3.63, 3.8) is 0 Å². The Balaban J connectivity index is 0.000000189. The van der Waals surface area contributed by atoms with Gasteiger partial charge in [0, 0.05) is 0 Å². The Labute approximate surface area is 243 Å². The number of hydrogen-bond donors (Lipinski definition) is 7. The normalized spacial score (nSPS) is 30.2. The van der Waals surface area contributed by atoms with Crippen LogP contribution in [0.5, 0.6) is 0 Å². The minimum Gasteiger partial charge on any atom is -0.394 e. The monoisotopic (exact) mass is 634 g/mol. The van der Waals surface area contributed by atoms with Gasteiger partial charge >= 0.3 is 4.87 Å². The maximum absolute atomic E-state index is 13.8. The number of H-pyrrole nitrogens is 1. The summed E-state index contributed by atoms with van der Waals surface area (Å²) in [6.07, 6.45) is -9.95. The molecular formula is C22H28F2N8O8S2. The summed E-state index contributed by atoms with van der Waals surface area (Å²) in [5.74, 6) is -0.00447. The number of thiazole rings is 1. The third-order valence-corrected chi connectivity index (χ3v) is 8.30. The first-order valence-corrected chi connectivity index (χ1v) is 13.5. The molecule has 0 saturated carbocycles. The Morgan fingerprint density at radius 1 is 1.05 bits per heavy atom. The van der Waals surface area contributed by atoms with E-state index >= 15 is 0 Å². The minimum atomic E-state index is -1.79. The molecule has 230 valence electrons. The lowest BCUT2D eigenvalue weighted by atomic mass is 10.1. The van der Waals surface area contributed by atoms with Crippen LogP contribution in [-0.4, -0.2) is 101 Å². The fourth-order valence-electron chi connectivity index (χ4n) is 4.48. The molecule has 2 saturated heterocycles. The number of ether oxygens (including phenoxy) is 2. The van der Waals surface area contributed by atoms with Crippen LogP contribution in [0, 0.1) is 0 Å². The summed E-state index contributed by atoms with van der Waals surface area (Å²) in [6.45, 7) is 2.59. The second-order valence-electron chi connectivity index (χ2n) is 8.99. The fraction of sp³-hybridized carbons (Fsp3) is 0.500.